The van der Waals surface area contributed by atoms with E-state index in [0.29, 0.717) is 16.2 Å². The molecule has 0 unspecified atom stereocenters. The molecule has 2 heterocycles. The van der Waals surface area contributed by atoms with Crippen LogP contribution in [0.25, 0.3) is 5.65 Å². The number of carbonyl (C=O) groups excluding carboxylic acids is 1. The second-order valence-electron chi connectivity index (χ2n) is 5.65. The van der Waals surface area contributed by atoms with E-state index in [9.17, 15) is 4.79 Å². The quantitative estimate of drug-likeness (QED) is 0.697. The lowest BCUT2D eigenvalue weighted by Crippen LogP contribution is -2.15. The van der Waals surface area contributed by atoms with Crippen LogP contribution in [0.3, 0.4) is 0 Å². The Bertz CT molecular complexity index is 881. The van der Waals surface area contributed by atoms with Crippen molar-refractivity contribution in [2.45, 2.75) is 25.2 Å². The first-order chi connectivity index (χ1) is 10.6. The molecule has 0 amide bonds. The average Bonchev–Trinajstić information content (AvgIpc) is 3.20. The fourth-order valence-electron chi connectivity index (χ4n) is 2.91. The van der Waals surface area contributed by atoms with E-state index >= 15 is 0 Å². The molecule has 3 aromatic rings. The molecule has 1 aromatic carbocycles. The van der Waals surface area contributed by atoms with Crippen molar-refractivity contribution >= 4 is 23.0 Å². The van der Waals surface area contributed by atoms with E-state index in [2.05, 4.69) is 15.3 Å². The van der Waals surface area contributed by atoms with Gasteiger partial charge in [0.1, 0.15) is 0 Å². The summed E-state index contributed by atoms with van der Waals surface area (Å²) in [5.41, 5.74) is 2.04. The molecule has 0 bridgehead atoms. The highest BCUT2D eigenvalue weighted by Crippen LogP contribution is 2.52. The largest absolute Gasteiger partial charge is 0.294 e. The van der Waals surface area contributed by atoms with Gasteiger partial charge in [-0.3, -0.25) is 4.79 Å². The standard InChI is InChI=1S/C16H13ClN4O/c1-10(22)13-6-9-18-21-14(13)19-20-15(21)16(7-8-16)11-2-4-12(17)5-3-11/h2-6,9H,7-8H2,1H3. The Morgan fingerprint density at radius 1 is 1.18 bits per heavy atom. The van der Waals surface area contributed by atoms with E-state index in [0.717, 1.165) is 24.2 Å². The summed E-state index contributed by atoms with van der Waals surface area (Å²) in [5, 5.41) is 13.6. The zero-order chi connectivity index (χ0) is 15.3. The maximum atomic E-state index is 11.7. The van der Waals surface area contributed by atoms with Crippen LogP contribution in [0.4, 0.5) is 0 Å². The summed E-state index contributed by atoms with van der Waals surface area (Å²) in [7, 11) is 0. The smallest absolute Gasteiger partial charge is 0.188 e. The lowest BCUT2D eigenvalue weighted by atomic mass is 9.95. The fourth-order valence-corrected chi connectivity index (χ4v) is 3.04. The predicted molar refractivity (Wildman–Crippen MR) is 82.3 cm³/mol. The van der Waals surface area contributed by atoms with E-state index in [1.807, 2.05) is 24.3 Å². The lowest BCUT2D eigenvalue weighted by molar-refractivity contribution is 0.101. The minimum atomic E-state index is -0.174. The Kier molecular flexibility index (Phi) is 2.81. The fraction of sp³-hybridized carbons (Fsp3) is 0.250. The Morgan fingerprint density at radius 2 is 1.91 bits per heavy atom. The van der Waals surface area contributed by atoms with Crippen LogP contribution in [0.5, 0.6) is 0 Å². The van der Waals surface area contributed by atoms with Gasteiger partial charge in [0, 0.05) is 11.2 Å². The first kappa shape index (κ1) is 13.4. The Hall–Kier alpha value is -2.27. The lowest BCUT2D eigenvalue weighted by Gasteiger charge is -2.13. The molecule has 1 aliphatic carbocycles. The number of hydrogen-bond donors (Lipinski definition) is 0. The van der Waals surface area contributed by atoms with E-state index in [-0.39, 0.29) is 11.2 Å². The molecule has 0 N–H and O–H groups in total. The van der Waals surface area contributed by atoms with Crippen molar-refractivity contribution in [2.75, 3.05) is 0 Å². The number of hydrogen-bond acceptors (Lipinski definition) is 4. The van der Waals surface area contributed by atoms with Gasteiger partial charge >= 0.3 is 0 Å². The van der Waals surface area contributed by atoms with Gasteiger partial charge in [0.2, 0.25) is 0 Å². The van der Waals surface area contributed by atoms with Crippen molar-refractivity contribution in [3.63, 3.8) is 0 Å². The Balaban J connectivity index is 1.90. The van der Waals surface area contributed by atoms with Crippen LogP contribution < -0.4 is 0 Å². The Morgan fingerprint density at radius 3 is 2.55 bits per heavy atom. The summed E-state index contributed by atoms with van der Waals surface area (Å²) >= 11 is 5.97. The van der Waals surface area contributed by atoms with Crippen molar-refractivity contribution in [3.8, 4) is 0 Å². The second-order valence-corrected chi connectivity index (χ2v) is 6.09. The number of rotatable bonds is 3. The first-order valence-corrected chi connectivity index (χ1v) is 7.47. The number of carbonyl (C=O) groups is 1. The van der Waals surface area contributed by atoms with Gasteiger partial charge in [-0.2, -0.15) is 9.61 Å². The molecule has 6 heteroatoms. The summed E-state index contributed by atoms with van der Waals surface area (Å²) < 4.78 is 1.69. The van der Waals surface area contributed by atoms with Crippen molar-refractivity contribution in [2.24, 2.45) is 0 Å². The zero-order valence-electron chi connectivity index (χ0n) is 12.0. The number of benzene rings is 1. The molecular weight excluding hydrogens is 300 g/mol. The number of nitrogens with zero attached hydrogens (tertiary/aromatic N) is 4. The van der Waals surface area contributed by atoms with E-state index in [4.69, 9.17) is 11.6 Å². The molecule has 0 saturated heterocycles. The molecule has 22 heavy (non-hydrogen) atoms. The first-order valence-electron chi connectivity index (χ1n) is 7.10. The van der Waals surface area contributed by atoms with E-state index < -0.39 is 0 Å². The van der Waals surface area contributed by atoms with Gasteiger partial charge in [0.05, 0.1) is 11.0 Å². The van der Waals surface area contributed by atoms with E-state index in [1.54, 1.807) is 16.8 Å². The summed E-state index contributed by atoms with van der Waals surface area (Å²) in [6.07, 6.45) is 3.59. The van der Waals surface area contributed by atoms with Crippen molar-refractivity contribution < 1.29 is 4.79 Å². The minimum absolute atomic E-state index is 0.0392. The van der Waals surface area contributed by atoms with E-state index in [1.165, 1.54) is 6.92 Å². The van der Waals surface area contributed by atoms with Crippen LogP contribution in [0.2, 0.25) is 5.02 Å². The normalized spacial score (nSPS) is 15.9. The monoisotopic (exact) mass is 312 g/mol. The van der Waals surface area contributed by atoms with Crippen molar-refractivity contribution in [1.29, 1.82) is 0 Å². The van der Waals surface area contributed by atoms with Crippen LogP contribution in [-0.4, -0.2) is 25.6 Å². The summed E-state index contributed by atoms with van der Waals surface area (Å²) in [5.74, 6) is 0.746. The Labute approximate surface area is 131 Å². The molecule has 0 radical (unpaired) electrons. The maximum Gasteiger partial charge on any atom is 0.188 e. The third-order valence-electron chi connectivity index (χ3n) is 4.26. The number of aromatic nitrogens is 4. The molecule has 4 rings (SSSR count). The summed E-state index contributed by atoms with van der Waals surface area (Å²) in [6.45, 7) is 1.52. The van der Waals surface area contributed by atoms with Crippen molar-refractivity contribution in [1.82, 2.24) is 19.8 Å². The SMILES string of the molecule is CC(=O)c1ccnn2c(C3(c4ccc(Cl)cc4)CC3)nnc12. The van der Waals surface area contributed by atoms with Gasteiger partial charge in [-0.05, 0) is 43.5 Å². The highest BCUT2D eigenvalue weighted by Gasteiger charge is 2.50. The minimum Gasteiger partial charge on any atom is -0.294 e. The third-order valence-corrected chi connectivity index (χ3v) is 4.51. The molecule has 1 aliphatic rings. The van der Waals surface area contributed by atoms with Crippen LogP contribution in [-0.2, 0) is 5.41 Å². The number of halogens is 1. The molecule has 0 aliphatic heterocycles. The topological polar surface area (TPSA) is 60.2 Å². The van der Waals surface area contributed by atoms with Gasteiger partial charge in [0.25, 0.3) is 0 Å². The molecule has 1 saturated carbocycles. The van der Waals surface area contributed by atoms with Crippen LogP contribution in [0.1, 0.15) is 41.5 Å². The predicted octanol–water partition coefficient (Wildman–Crippen LogP) is 3.06. The molecule has 5 nitrogen and oxygen atoms in total. The maximum absolute atomic E-state index is 11.7. The number of ketones is 1. The van der Waals surface area contributed by atoms with Crippen LogP contribution >= 0.6 is 11.6 Å². The highest BCUT2D eigenvalue weighted by atomic mass is 35.5. The zero-order valence-corrected chi connectivity index (χ0v) is 12.7. The van der Waals surface area contributed by atoms with Crippen molar-refractivity contribution in [3.05, 3.63) is 58.5 Å². The van der Waals surface area contributed by atoms with Gasteiger partial charge < -0.3 is 0 Å². The van der Waals surface area contributed by atoms with Gasteiger partial charge in [-0.1, -0.05) is 23.7 Å². The molecule has 0 spiro atoms. The molecular formula is C16H13ClN4O. The summed E-state index contributed by atoms with van der Waals surface area (Å²) in [6, 6.07) is 9.48. The molecule has 2 aromatic heterocycles. The number of Topliss-reactive ketones (excluding diaryl/α,β-unsaturated/α-hetero) is 1. The number of fused-ring (bicyclic) bond motifs is 1. The van der Waals surface area contributed by atoms with Crippen LogP contribution in [0.15, 0.2) is 36.5 Å². The second kappa shape index (κ2) is 4.61. The van der Waals surface area contributed by atoms with Gasteiger partial charge in [-0.25, -0.2) is 0 Å². The molecule has 0 atom stereocenters. The third kappa shape index (κ3) is 1.85. The molecule has 1 fully saturated rings. The van der Waals surface area contributed by atoms with Crippen LogP contribution in [0, 0.1) is 0 Å². The molecule has 110 valence electrons. The van der Waals surface area contributed by atoms with Gasteiger partial charge in [0.15, 0.2) is 17.3 Å². The van der Waals surface area contributed by atoms with Gasteiger partial charge in [-0.15, -0.1) is 10.2 Å². The average molecular weight is 313 g/mol. The summed E-state index contributed by atoms with van der Waals surface area (Å²) in [4.78, 5) is 11.7. The highest BCUT2D eigenvalue weighted by molar-refractivity contribution is 6.30.